The first kappa shape index (κ1) is 21.5. The summed E-state index contributed by atoms with van der Waals surface area (Å²) in [5.74, 6) is -4.23. The molecule has 0 aliphatic carbocycles. The maximum Gasteiger partial charge on any atom is 0.352 e. The van der Waals surface area contributed by atoms with Crippen LogP contribution in [0.2, 0.25) is 0 Å². The van der Waals surface area contributed by atoms with E-state index in [4.69, 9.17) is 4.74 Å². The number of halogens is 3. The predicted octanol–water partition coefficient (Wildman–Crippen LogP) is 2.51. The van der Waals surface area contributed by atoms with Gasteiger partial charge in [-0.2, -0.15) is 9.61 Å². The summed E-state index contributed by atoms with van der Waals surface area (Å²) < 4.78 is 49.5. The van der Waals surface area contributed by atoms with Gasteiger partial charge in [-0.25, -0.2) is 27.9 Å². The van der Waals surface area contributed by atoms with Crippen LogP contribution in [0.15, 0.2) is 35.5 Å². The fourth-order valence-electron chi connectivity index (χ4n) is 4.41. The van der Waals surface area contributed by atoms with E-state index in [9.17, 15) is 18.0 Å². The van der Waals surface area contributed by atoms with Crippen LogP contribution in [-0.4, -0.2) is 54.3 Å². The molecule has 1 fully saturated rings. The molecule has 5 rings (SSSR count). The molecule has 0 radical (unpaired) electrons. The van der Waals surface area contributed by atoms with Crippen molar-refractivity contribution < 1.29 is 17.9 Å². The lowest BCUT2D eigenvalue weighted by atomic mass is 10.1. The summed E-state index contributed by atoms with van der Waals surface area (Å²) in [4.78, 5) is 23.9. The van der Waals surface area contributed by atoms with E-state index in [-0.39, 0.29) is 30.0 Å². The molecule has 2 atom stereocenters. The summed E-state index contributed by atoms with van der Waals surface area (Å²) in [5, 5.41) is 4.52. The zero-order valence-electron chi connectivity index (χ0n) is 18.0. The van der Waals surface area contributed by atoms with E-state index in [0.29, 0.717) is 17.6 Å². The SMILES string of the molecule is C[C@@H]1CN(Cc2cnc3c(c2)c2ncnn2c(=O)n3Cc2ccc(F)c(F)c2F)C[C@H](C)O1. The van der Waals surface area contributed by atoms with E-state index in [2.05, 4.69) is 20.0 Å². The highest BCUT2D eigenvalue weighted by Crippen LogP contribution is 2.21. The lowest BCUT2D eigenvalue weighted by molar-refractivity contribution is -0.0705. The maximum absolute atomic E-state index is 14.3. The number of fused-ring (bicyclic) bond motifs is 3. The Labute approximate surface area is 186 Å². The van der Waals surface area contributed by atoms with Gasteiger partial charge in [0.25, 0.3) is 0 Å². The Morgan fingerprint density at radius 1 is 1.03 bits per heavy atom. The highest BCUT2D eigenvalue weighted by molar-refractivity contribution is 5.89. The second-order valence-electron chi connectivity index (χ2n) is 8.36. The summed E-state index contributed by atoms with van der Waals surface area (Å²) in [6.45, 7) is 5.88. The molecule has 8 nitrogen and oxygen atoms in total. The van der Waals surface area contributed by atoms with Crippen LogP contribution in [0.25, 0.3) is 16.7 Å². The lowest BCUT2D eigenvalue weighted by Gasteiger charge is -2.35. The van der Waals surface area contributed by atoms with Crippen LogP contribution in [0.5, 0.6) is 0 Å². The Morgan fingerprint density at radius 3 is 2.55 bits per heavy atom. The van der Waals surface area contributed by atoms with Gasteiger partial charge in [-0.1, -0.05) is 6.07 Å². The summed E-state index contributed by atoms with van der Waals surface area (Å²) in [7, 11) is 0. The molecule has 1 aliphatic heterocycles. The molecule has 0 saturated carbocycles. The first-order valence-corrected chi connectivity index (χ1v) is 10.5. The van der Waals surface area contributed by atoms with E-state index in [1.807, 2.05) is 19.9 Å². The van der Waals surface area contributed by atoms with Crippen molar-refractivity contribution in [2.24, 2.45) is 0 Å². The van der Waals surface area contributed by atoms with E-state index in [0.717, 1.165) is 35.3 Å². The second-order valence-corrected chi connectivity index (χ2v) is 8.36. The van der Waals surface area contributed by atoms with Crippen LogP contribution >= 0.6 is 0 Å². The predicted molar refractivity (Wildman–Crippen MR) is 113 cm³/mol. The van der Waals surface area contributed by atoms with Crippen LogP contribution in [0.4, 0.5) is 13.2 Å². The molecule has 0 amide bonds. The van der Waals surface area contributed by atoms with Crippen molar-refractivity contribution in [2.75, 3.05) is 13.1 Å². The van der Waals surface area contributed by atoms with Gasteiger partial charge in [0.2, 0.25) is 0 Å². The molecule has 0 spiro atoms. The van der Waals surface area contributed by atoms with Gasteiger partial charge in [0.05, 0.1) is 24.1 Å². The van der Waals surface area contributed by atoms with Crippen molar-refractivity contribution in [1.29, 1.82) is 0 Å². The van der Waals surface area contributed by atoms with Gasteiger partial charge in [0.1, 0.15) is 12.0 Å². The molecular formula is C22H21F3N6O2. The summed E-state index contributed by atoms with van der Waals surface area (Å²) >= 11 is 0. The quantitative estimate of drug-likeness (QED) is 0.438. The summed E-state index contributed by atoms with van der Waals surface area (Å²) in [6.07, 6.45) is 3.12. The monoisotopic (exact) mass is 458 g/mol. The molecular weight excluding hydrogens is 437 g/mol. The minimum absolute atomic E-state index is 0.113. The van der Waals surface area contributed by atoms with Crippen LogP contribution in [0, 0.1) is 17.5 Å². The number of nitrogens with zero attached hydrogens (tertiary/aromatic N) is 6. The van der Waals surface area contributed by atoms with Gasteiger partial charge in [0.15, 0.2) is 23.1 Å². The summed E-state index contributed by atoms with van der Waals surface area (Å²) in [6, 6.07) is 3.80. The molecule has 33 heavy (non-hydrogen) atoms. The Bertz CT molecular complexity index is 1410. The zero-order chi connectivity index (χ0) is 23.3. The smallest absolute Gasteiger partial charge is 0.352 e. The molecule has 0 bridgehead atoms. The Kier molecular flexibility index (Phi) is 5.37. The van der Waals surface area contributed by atoms with Crippen molar-refractivity contribution in [3.63, 3.8) is 0 Å². The normalized spacial score (nSPS) is 19.5. The molecule has 0 unspecified atom stereocenters. The second kappa shape index (κ2) is 8.23. The topological polar surface area (TPSA) is 77.6 Å². The van der Waals surface area contributed by atoms with Crippen molar-refractivity contribution in [1.82, 2.24) is 29.0 Å². The molecule has 172 valence electrons. The Hall–Kier alpha value is -3.31. The van der Waals surface area contributed by atoms with E-state index >= 15 is 0 Å². The number of hydrogen-bond donors (Lipinski definition) is 0. The molecule has 11 heteroatoms. The molecule has 4 heterocycles. The maximum atomic E-state index is 14.3. The van der Waals surface area contributed by atoms with Crippen molar-refractivity contribution in [3.05, 3.63) is 69.8 Å². The molecule has 3 aromatic heterocycles. The van der Waals surface area contributed by atoms with Crippen molar-refractivity contribution >= 4 is 16.7 Å². The fraction of sp³-hybridized carbons (Fsp3) is 0.364. The van der Waals surface area contributed by atoms with Gasteiger partial charge in [0, 0.05) is 31.4 Å². The standard InChI is InChI=1S/C22H21F3N6O2/c1-12-7-29(8-13(2)33-12)9-14-5-16-20(26-6-14)30(22(32)31-21(16)27-11-28-31)10-15-3-4-17(23)19(25)18(15)24/h3-6,11-13H,7-10H2,1-2H3/t12-,13+. The number of morpholine rings is 1. The Balaban J connectivity index is 1.59. The highest BCUT2D eigenvalue weighted by atomic mass is 19.2. The molecule has 0 N–H and O–H groups in total. The minimum atomic E-state index is -1.59. The third-order valence-electron chi connectivity index (χ3n) is 5.72. The van der Waals surface area contributed by atoms with Crippen molar-refractivity contribution in [3.8, 4) is 0 Å². The highest BCUT2D eigenvalue weighted by Gasteiger charge is 2.23. The average Bonchev–Trinajstić information content (AvgIpc) is 3.26. The number of aromatic nitrogens is 5. The first-order valence-electron chi connectivity index (χ1n) is 10.5. The minimum Gasteiger partial charge on any atom is -0.373 e. The van der Waals surface area contributed by atoms with Gasteiger partial charge in [-0.15, -0.1) is 0 Å². The third kappa shape index (κ3) is 3.87. The molecule has 1 aliphatic rings. The largest absolute Gasteiger partial charge is 0.373 e. The number of ether oxygens (including phenoxy) is 1. The van der Waals surface area contributed by atoms with Gasteiger partial charge in [-0.05, 0) is 31.5 Å². The lowest BCUT2D eigenvalue weighted by Crippen LogP contribution is -2.44. The van der Waals surface area contributed by atoms with Gasteiger partial charge >= 0.3 is 5.69 Å². The van der Waals surface area contributed by atoms with E-state index in [1.165, 1.54) is 10.9 Å². The third-order valence-corrected chi connectivity index (χ3v) is 5.72. The number of hydrogen-bond acceptors (Lipinski definition) is 6. The Morgan fingerprint density at radius 2 is 1.79 bits per heavy atom. The van der Waals surface area contributed by atoms with Crippen molar-refractivity contribution in [2.45, 2.75) is 39.1 Å². The zero-order valence-corrected chi connectivity index (χ0v) is 18.0. The number of rotatable bonds is 4. The average molecular weight is 458 g/mol. The van der Waals surface area contributed by atoms with Crippen LogP contribution in [-0.2, 0) is 17.8 Å². The summed E-state index contributed by atoms with van der Waals surface area (Å²) in [5.41, 5.74) is 0.666. The molecule has 1 saturated heterocycles. The fourth-order valence-corrected chi connectivity index (χ4v) is 4.41. The van der Waals surface area contributed by atoms with Crippen LogP contribution in [0.3, 0.4) is 0 Å². The molecule has 4 aromatic rings. The van der Waals surface area contributed by atoms with E-state index < -0.39 is 23.1 Å². The number of benzene rings is 1. The first-order chi connectivity index (χ1) is 15.8. The van der Waals surface area contributed by atoms with E-state index in [1.54, 1.807) is 6.20 Å². The van der Waals surface area contributed by atoms with Crippen LogP contribution in [0.1, 0.15) is 25.0 Å². The van der Waals surface area contributed by atoms with Crippen LogP contribution < -0.4 is 5.69 Å². The van der Waals surface area contributed by atoms with Gasteiger partial charge < -0.3 is 4.74 Å². The number of pyridine rings is 1. The van der Waals surface area contributed by atoms with Gasteiger partial charge in [-0.3, -0.25) is 9.47 Å². The molecule has 1 aromatic carbocycles.